The Balaban J connectivity index is 1.59. The van der Waals surface area contributed by atoms with Crippen LogP contribution in [-0.4, -0.2) is 25.9 Å². The van der Waals surface area contributed by atoms with Crippen LogP contribution in [0.4, 0.5) is 15.8 Å². The number of hydrogen-bond donors (Lipinski definition) is 2. The van der Waals surface area contributed by atoms with Crippen LogP contribution < -0.4 is 14.8 Å². The first-order chi connectivity index (χ1) is 13.7. The number of rotatable bonds is 4. The van der Waals surface area contributed by atoms with E-state index in [1.807, 2.05) is 0 Å². The van der Waals surface area contributed by atoms with Gasteiger partial charge in [-0.25, -0.2) is 14.5 Å². The van der Waals surface area contributed by atoms with E-state index < -0.39 is 10.2 Å². The molecule has 1 aliphatic rings. The first kappa shape index (κ1) is 19.5. The van der Waals surface area contributed by atoms with Crippen LogP contribution in [0.15, 0.2) is 42.5 Å². The Kier molecular flexibility index (Phi) is 4.85. The first-order valence-corrected chi connectivity index (χ1v) is 11.0. The second-order valence-corrected chi connectivity index (χ2v) is 9.07. The Hall–Kier alpha value is -2.82. The van der Waals surface area contributed by atoms with Gasteiger partial charge in [-0.3, -0.25) is 9.10 Å². The fraction of sp³-hybridized carbons (Fsp3) is 0.158. The van der Waals surface area contributed by atoms with Crippen LogP contribution in [0.3, 0.4) is 0 Å². The number of thiazole rings is 1. The van der Waals surface area contributed by atoms with E-state index in [0.717, 1.165) is 15.4 Å². The number of amides is 1. The molecule has 1 aromatic heterocycles. The lowest BCUT2D eigenvalue weighted by Crippen LogP contribution is -2.35. The second kappa shape index (κ2) is 7.21. The maximum Gasteiger partial charge on any atom is 0.299 e. The molecule has 1 amide bonds. The van der Waals surface area contributed by atoms with E-state index in [2.05, 4.69) is 10.3 Å². The first-order valence-electron chi connectivity index (χ1n) is 8.70. The number of carbonyl (C=O) groups is 1. The molecule has 0 bridgehead atoms. The highest BCUT2D eigenvalue weighted by molar-refractivity contribution is 7.90. The van der Waals surface area contributed by atoms with Crippen LogP contribution in [0.1, 0.15) is 20.9 Å². The Morgan fingerprint density at radius 1 is 1.24 bits per heavy atom. The van der Waals surface area contributed by atoms with E-state index >= 15 is 0 Å². The third-order valence-corrected chi connectivity index (χ3v) is 6.80. The number of nitrogens with two attached hydrogens (primary N) is 1. The molecule has 3 aromatic rings. The molecule has 7 nitrogen and oxygen atoms in total. The molecular weight excluding hydrogens is 415 g/mol. The summed E-state index contributed by atoms with van der Waals surface area (Å²) in [6, 6.07) is 11.0. The molecule has 0 atom stereocenters. The fourth-order valence-electron chi connectivity index (χ4n) is 3.20. The van der Waals surface area contributed by atoms with Crippen LogP contribution in [0.5, 0.6) is 0 Å². The van der Waals surface area contributed by atoms with Gasteiger partial charge in [-0.1, -0.05) is 6.07 Å². The number of fused-ring (bicyclic) bond motifs is 1. The van der Waals surface area contributed by atoms with Gasteiger partial charge in [-0.15, -0.1) is 11.3 Å². The smallest absolute Gasteiger partial charge is 0.299 e. The van der Waals surface area contributed by atoms with Gasteiger partial charge in [-0.05, 0) is 55.3 Å². The lowest BCUT2D eigenvalue weighted by atomic mass is 10.1. The van der Waals surface area contributed by atoms with E-state index in [0.29, 0.717) is 33.4 Å². The summed E-state index contributed by atoms with van der Waals surface area (Å²) in [5, 5.41) is 8.66. The monoisotopic (exact) mass is 432 g/mol. The largest absolute Gasteiger partial charge is 0.321 e. The molecule has 10 heteroatoms. The van der Waals surface area contributed by atoms with Gasteiger partial charge in [-0.2, -0.15) is 8.42 Å². The van der Waals surface area contributed by atoms with Gasteiger partial charge in [0.25, 0.3) is 16.1 Å². The molecule has 4 rings (SSSR count). The Bertz CT molecular complexity index is 1210. The minimum absolute atomic E-state index is 0.278. The van der Waals surface area contributed by atoms with Crippen molar-refractivity contribution in [3.63, 3.8) is 0 Å². The van der Waals surface area contributed by atoms with Crippen LogP contribution in [0, 0.1) is 12.7 Å². The normalized spacial score (nSPS) is 13.4. The molecule has 3 N–H and O–H groups in total. The number of aromatic nitrogens is 1. The van der Waals surface area contributed by atoms with Gasteiger partial charge in [0.15, 0.2) is 0 Å². The summed E-state index contributed by atoms with van der Waals surface area (Å²) in [7, 11) is -3.86. The van der Waals surface area contributed by atoms with Crippen molar-refractivity contribution >= 4 is 38.8 Å². The second-order valence-electron chi connectivity index (χ2n) is 6.61. The SMILES string of the molecule is Cc1nc(-c2ccc(F)cc2)sc1C(=O)Nc1ccc2c(c1)N(S(N)(=O)=O)CC2. The summed E-state index contributed by atoms with van der Waals surface area (Å²) in [5.41, 5.74) is 3.06. The zero-order chi connectivity index (χ0) is 20.8. The molecule has 150 valence electrons. The van der Waals surface area contributed by atoms with Crippen molar-refractivity contribution in [2.45, 2.75) is 13.3 Å². The minimum Gasteiger partial charge on any atom is -0.321 e. The summed E-state index contributed by atoms with van der Waals surface area (Å²) in [6.07, 6.45) is 0.564. The van der Waals surface area contributed by atoms with Crippen molar-refractivity contribution in [3.05, 3.63) is 64.4 Å². The molecule has 0 fully saturated rings. The highest BCUT2D eigenvalue weighted by Crippen LogP contribution is 2.33. The molecule has 0 aliphatic carbocycles. The Labute approximate surface area is 171 Å². The third kappa shape index (κ3) is 3.86. The minimum atomic E-state index is -3.86. The predicted octanol–water partition coefficient (Wildman–Crippen LogP) is 3.08. The number of nitrogens with one attached hydrogen (secondary N) is 1. The molecular formula is C19H17FN4O3S2. The molecule has 2 aromatic carbocycles. The predicted molar refractivity (Wildman–Crippen MR) is 111 cm³/mol. The van der Waals surface area contributed by atoms with Crippen molar-refractivity contribution in [1.82, 2.24) is 4.98 Å². The Morgan fingerprint density at radius 2 is 1.97 bits per heavy atom. The zero-order valence-electron chi connectivity index (χ0n) is 15.3. The van der Waals surface area contributed by atoms with Crippen molar-refractivity contribution in [1.29, 1.82) is 0 Å². The van der Waals surface area contributed by atoms with Gasteiger partial charge in [0.2, 0.25) is 0 Å². The summed E-state index contributed by atoms with van der Waals surface area (Å²) in [5.74, 6) is -0.696. The number of nitrogens with zero attached hydrogens (tertiary/aromatic N) is 2. The Morgan fingerprint density at radius 3 is 2.66 bits per heavy atom. The van der Waals surface area contributed by atoms with E-state index in [4.69, 9.17) is 5.14 Å². The molecule has 0 spiro atoms. The van der Waals surface area contributed by atoms with Gasteiger partial charge < -0.3 is 5.32 Å². The van der Waals surface area contributed by atoms with Crippen molar-refractivity contribution in [2.24, 2.45) is 5.14 Å². The maximum atomic E-state index is 13.1. The van der Waals surface area contributed by atoms with Gasteiger partial charge >= 0.3 is 0 Å². The van der Waals surface area contributed by atoms with Crippen LogP contribution in [0.2, 0.25) is 0 Å². The molecule has 1 aliphatic heterocycles. The number of benzene rings is 2. The summed E-state index contributed by atoms with van der Waals surface area (Å²) in [4.78, 5) is 17.6. The topological polar surface area (TPSA) is 105 Å². The van der Waals surface area contributed by atoms with Crippen LogP contribution >= 0.6 is 11.3 Å². The number of carbonyl (C=O) groups excluding carboxylic acids is 1. The highest BCUT2D eigenvalue weighted by Gasteiger charge is 2.27. The maximum absolute atomic E-state index is 13.1. The molecule has 0 saturated heterocycles. The molecule has 0 radical (unpaired) electrons. The average Bonchev–Trinajstić information content (AvgIpc) is 3.25. The quantitative estimate of drug-likeness (QED) is 0.661. The molecule has 2 heterocycles. The standard InChI is InChI=1S/C19H17FN4O3S2/c1-11-17(28-19(22-11)13-2-5-14(20)6-3-13)18(25)23-15-7-4-12-8-9-24(16(12)10-15)29(21,26)27/h2-7,10H,8-9H2,1H3,(H,23,25)(H2,21,26,27). The van der Waals surface area contributed by atoms with E-state index in [9.17, 15) is 17.6 Å². The number of hydrogen-bond acceptors (Lipinski definition) is 5. The van der Waals surface area contributed by atoms with Gasteiger partial charge in [0.05, 0.1) is 11.4 Å². The molecule has 0 unspecified atom stereocenters. The fourth-order valence-corrected chi connectivity index (χ4v) is 4.96. The van der Waals surface area contributed by atoms with Crippen LogP contribution in [-0.2, 0) is 16.6 Å². The van der Waals surface area contributed by atoms with E-state index in [-0.39, 0.29) is 18.3 Å². The van der Waals surface area contributed by atoms with Gasteiger partial charge in [0.1, 0.15) is 15.7 Å². The van der Waals surface area contributed by atoms with Crippen molar-refractivity contribution in [2.75, 3.05) is 16.2 Å². The zero-order valence-corrected chi connectivity index (χ0v) is 17.0. The highest BCUT2D eigenvalue weighted by atomic mass is 32.2. The average molecular weight is 433 g/mol. The lowest BCUT2D eigenvalue weighted by Gasteiger charge is -2.16. The van der Waals surface area contributed by atoms with Crippen molar-refractivity contribution in [3.8, 4) is 10.6 Å². The number of anilines is 2. The van der Waals surface area contributed by atoms with E-state index in [1.165, 1.54) is 23.5 Å². The van der Waals surface area contributed by atoms with Crippen LogP contribution in [0.25, 0.3) is 10.6 Å². The van der Waals surface area contributed by atoms with Gasteiger partial charge in [0, 0.05) is 17.8 Å². The molecule has 0 saturated carbocycles. The lowest BCUT2D eigenvalue weighted by molar-refractivity contribution is 0.103. The number of halogens is 1. The number of aryl methyl sites for hydroxylation is 1. The molecule has 29 heavy (non-hydrogen) atoms. The third-order valence-electron chi connectivity index (χ3n) is 4.60. The van der Waals surface area contributed by atoms with E-state index in [1.54, 1.807) is 37.3 Å². The summed E-state index contributed by atoms with van der Waals surface area (Å²) in [6.45, 7) is 2.00. The summed E-state index contributed by atoms with van der Waals surface area (Å²) >= 11 is 1.20. The summed E-state index contributed by atoms with van der Waals surface area (Å²) < 4.78 is 37.7. The van der Waals surface area contributed by atoms with Crippen molar-refractivity contribution < 1.29 is 17.6 Å².